The van der Waals surface area contributed by atoms with E-state index in [0.29, 0.717) is 5.41 Å². The van der Waals surface area contributed by atoms with Gasteiger partial charge in [0.1, 0.15) is 0 Å². The molecule has 1 rings (SSSR count). The highest BCUT2D eigenvalue weighted by Crippen LogP contribution is 2.22. The number of hydrogen-bond acceptors (Lipinski definition) is 1. The Labute approximate surface area is 104 Å². The Hall–Kier alpha value is -0.530. The van der Waals surface area contributed by atoms with E-state index in [1.807, 2.05) is 12.1 Å². The van der Waals surface area contributed by atoms with Crippen LogP contribution in [0.3, 0.4) is 0 Å². The van der Waals surface area contributed by atoms with Crippen molar-refractivity contribution in [2.24, 2.45) is 5.41 Å². The summed E-state index contributed by atoms with van der Waals surface area (Å²) < 4.78 is 0. The maximum absolute atomic E-state index is 7.00. The third kappa shape index (κ3) is 7.72. The molecule has 1 aromatic rings. The molecule has 92 valence electrons. The summed E-state index contributed by atoms with van der Waals surface area (Å²) in [7, 11) is 1.00. The van der Waals surface area contributed by atoms with E-state index in [2.05, 4.69) is 32.9 Å². The van der Waals surface area contributed by atoms with Crippen molar-refractivity contribution in [1.82, 2.24) is 0 Å². The molecule has 0 aliphatic carbocycles. The van der Waals surface area contributed by atoms with E-state index >= 15 is 0 Å². The summed E-state index contributed by atoms with van der Waals surface area (Å²) in [4.78, 5) is 0. The minimum Gasteiger partial charge on any atom is -0.400 e. The number of hydrogen-bond donors (Lipinski definition) is 1. The maximum Gasteiger partial charge on any atom is 0.0406 e. The van der Waals surface area contributed by atoms with Crippen LogP contribution in [0.15, 0.2) is 24.3 Å². The molecular formula is C14H23ClO. The van der Waals surface area contributed by atoms with Crippen LogP contribution in [0.4, 0.5) is 0 Å². The van der Waals surface area contributed by atoms with Gasteiger partial charge in [-0.15, -0.1) is 0 Å². The van der Waals surface area contributed by atoms with Crippen LogP contribution in [0.1, 0.15) is 39.2 Å². The topological polar surface area (TPSA) is 20.2 Å². The minimum absolute atomic E-state index is 0.451. The summed E-state index contributed by atoms with van der Waals surface area (Å²) in [6.07, 6.45) is 3.69. The van der Waals surface area contributed by atoms with E-state index in [1.54, 1.807) is 0 Å². The molecule has 0 aliphatic heterocycles. The molecule has 0 spiro atoms. The lowest BCUT2D eigenvalue weighted by Crippen LogP contribution is -2.04. The Morgan fingerprint density at radius 2 is 1.56 bits per heavy atom. The molecule has 0 heterocycles. The molecule has 0 saturated carbocycles. The van der Waals surface area contributed by atoms with Gasteiger partial charge in [0, 0.05) is 12.1 Å². The summed E-state index contributed by atoms with van der Waals surface area (Å²) in [6.45, 7) is 6.86. The predicted molar refractivity (Wildman–Crippen MR) is 72.0 cm³/mol. The monoisotopic (exact) mass is 242 g/mol. The predicted octanol–water partition coefficient (Wildman–Crippen LogP) is 4.32. The summed E-state index contributed by atoms with van der Waals surface area (Å²) in [6, 6.07) is 8.16. The smallest absolute Gasteiger partial charge is 0.0406 e. The Balaban J connectivity index is 0.00000106. The van der Waals surface area contributed by atoms with Crippen LogP contribution in [0.25, 0.3) is 0 Å². The molecule has 16 heavy (non-hydrogen) atoms. The number of benzene rings is 1. The average molecular weight is 243 g/mol. The molecule has 2 heteroatoms. The van der Waals surface area contributed by atoms with Gasteiger partial charge in [-0.2, -0.15) is 0 Å². The molecule has 0 radical (unpaired) electrons. The zero-order valence-corrected chi connectivity index (χ0v) is 11.5. The van der Waals surface area contributed by atoms with Crippen LogP contribution in [-0.4, -0.2) is 12.2 Å². The Morgan fingerprint density at radius 3 is 2.00 bits per heavy atom. The lowest BCUT2D eigenvalue weighted by Gasteiger charge is -2.17. The van der Waals surface area contributed by atoms with E-state index in [4.69, 9.17) is 16.7 Å². The molecular weight excluding hydrogens is 220 g/mol. The van der Waals surface area contributed by atoms with Crippen LogP contribution in [0.2, 0.25) is 5.02 Å². The second-order valence-corrected chi connectivity index (χ2v) is 5.48. The van der Waals surface area contributed by atoms with E-state index in [1.165, 1.54) is 18.4 Å². The Kier molecular flexibility index (Phi) is 7.44. The third-order valence-corrected chi connectivity index (χ3v) is 2.56. The number of halogens is 1. The first-order valence-corrected chi connectivity index (χ1v) is 6.04. The lowest BCUT2D eigenvalue weighted by atomic mass is 9.89. The average Bonchev–Trinajstić information content (AvgIpc) is 2.22. The minimum atomic E-state index is 0.451. The molecule has 1 N–H and O–H groups in total. The number of aliphatic hydroxyl groups excluding tert-OH is 1. The van der Waals surface area contributed by atoms with Gasteiger partial charge < -0.3 is 5.11 Å². The highest BCUT2D eigenvalue weighted by atomic mass is 35.5. The number of aryl methyl sites for hydroxylation is 1. The first-order chi connectivity index (χ1) is 7.47. The Morgan fingerprint density at radius 1 is 1.06 bits per heavy atom. The summed E-state index contributed by atoms with van der Waals surface area (Å²) >= 11 is 5.82. The SMILES string of the molecule is CC(C)(C)CCCc1ccc(Cl)cc1.CO. The van der Waals surface area contributed by atoms with Gasteiger partial charge in [-0.05, 0) is 42.4 Å². The van der Waals surface area contributed by atoms with Crippen LogP contribution >= 0.6 is 11.6 Å². The molecule has 0 bridgehead atoms. The van der Waals surface area contributed by atoms with Gasteiger partial charge in [0.05, 0.1) is 0 Å². The molecule has 0 amide bonds. The summed E-state index contributed by atoms with van der Waals surface area (Å²) in [5.41, 5.74) is 1.84. The second kappa shape index (κ2) is 7.70. The van der Waals surface area contributed by atoms with Crippen LogP contribution in [0, 0.1) is 5.41 Å². The summed E-state index contributed by atoms with van der Waals surface area (Å²) in [5.74, 6) is 0. The number of rotatable bonds is 3. The van der Waals surface area contributed by atoms with E-state index < -0.39 is 0 Å². The molecule has 0 unspecified atom stereocenters. The second-order valence-electron chi connectivity index (χ2n) is 5.04. The van der Waals surface area contributed by atoms with Gasteiger partial charge in [0.15, 0.2) is 0 Å². The standard InChI is InChI=1S/C13H19Cl.CH4O/c1-13(2,3)10-4-5-11-6-8-12(14)9-7-11;1-2/h6-9H,4-5,10H2,1-3H3;2H,1H3. The zero-order chi connectivity index (χ0) is 12.6. The quantitative estimate of drug-likeness (QED) is 0.837. The van der Waals surface area contributed by atoms with Crippen LogP contribution < -0.4 is 0 Å². The van der Waals surface area contributed by atoms with Crippen molar-refractivity contribution >= 4 is 11.6 Å². The fourth-order valence-corrected chi connectivity index (χ4v) is 1.60. The van der Waals surface area contributed by atoms with E-state index in [0.717, 1.165) is 18.6 Å². The highest BCUT2D eigenvalue weighted by Gasteiger charge is 2.08. The van der Waals surface area contributed by atoms with Crippen LogP contribution in [-0.2, 0) is 6.42 Å². The molecule has 0 aromatic heterocycles. The van der Waals surface area contributed by atoms with Crippen molar-refractivity contribution in [1.29, 1.82) is 0 Å². The van der Waals surface area contributed by atoms with Crippen LogP contribution in [0.5, 0.6) is 0 Å². The number of aliphatic hydroxyl groups is 1. The van der Waals surface area contributed by atoms with Gasteiger partial charge in [-0.25, -0.2) is 0 Å². The molecule has 0 aliphatic rings. The van der Waals surface area contributed by atoms with Crippen molar-refractivity contribution < 1.29 is 5.11 Å². The zero-order valence-electron chi connectivity index (χ0n) is 10.8. The normalized spacial score (nSPS) is 10.6. The van der Waals surface area contributed by atoms with Gasteiger partial charge in [0.25, 0.3) is 0 Å². The molecule has 0 saturated heterocycles. The lowest BCUT2D eigenvalue weighted by molar-refractivity contribution is 0.365. The van der Waals surface area contributed by atoms with Crippen molar-refractivity contribution in [2.45, 2.75) is 40.0 Å². The van der Waals surface area contributed by atoms with Gasteiger partial charge in [-0.1, -0.05) is 44.5 Å². The fourth-order valence-electron chi connectivity index (χ4n) is 1.47. The van der Waals surface area contributed by atoms with E-state index in [-0.39, 0.29) is 0 Å². The summed E-state index contributed by atoms with van der Waals surface area (Å²) in [5, 5.41) is 7.82. The van der Waals surface area contributed by atoms with Gasteiger partial charge >= 0.3 is 0 Å². The fraction of sp³-hybridized carbons (Fsp3) is 0.571. The van der Waals surface area contributed by atoms with E-state index in [9.17, 15) is 0 Å². The highest BCUT2D eigenvalue weighted by molar-refractivity contribution is 6.30. The molecule has 0 atom stereocenters. The van der Waals surface area contributed by atoms with Crippen molar-refractivity contribution in [3.8, 4) is 0 Å². The maximum atomic E-state index is 7.00. The first kappa shape index (κ1) is 15.5. The van der Waals surface area contributed by atoms with Crippen molar-refractivity contribution in [2.75, 3.05) is 7.11 Å². The van der Waals surface area contributed by atoms with Crippen molar-refractivity contribution in [3.63, 3.8) is 0 Å². The van der Waals surface area contributed by atoms with Gasteiger partial charge in [-0.3, -0.25) is 0 Å². The molecule has 0 fully saturated rings. The van der Waals surface area contributed by atoms with Crippen molar-refractivity contribution in [3.05, 3.63) is 34.9 Å². The first-order valence-electron chi connectivity index (χ1n) is 5.66. The molecule has 1 nitrogen and oxygen atoms in total. The third-order valence-electron chi connectivity index (χ3n) is 2.31. The molecule has 1 aromatic carbocycles. The van der Waals surface area contributed by atoms with Gasteiger partial charge in [0.2, 0.25) is 0 Å². The largest absolute Gasteiger partial charge is 0.400 e. The Bertz CT molecular complexity index is 272.